The van der Waals surface area contributed by atoms with Gasteiger partial charge in [-0.3, -0.25) is 19.4 Å². The first-order valence-corrected chi connectivity index (χ1v) is 20.1. The molecule has 0 saturated carbocycles. The second-order valence-corrected chi connectivity index (χ2v) is 14.8. The molecule has 288 valence electrons. The fourth-order valence-electron chi connectivity index (χ4n) is 6.09. The van der Waals surface area contributed by atoms with Crippen molar-refractivity contribution in [2.75, 3.05) is 115 Å². The van der Waals surface area contributed by atoms with E-state index in [1.807, 2.05) is 48.9 Å². The van der Waals surface area contributed by atoms with Crippen LogP contribution in [-0.4, -0.2) is 147 Å². The smallest absolute Gasteiger partial charge is 0.752 e. The first kappa shape index (κ1) is 43.1. The number of anilines is 2. The molecule has 2 N–H and O–H groups in total. The van der Waals surface area contributed by atoms with E-state index in [4.69, 9.17) is 34.7 Å². The van der Waals surface area contributed by atoms with E-state index >= 15 is 0 Å². The molecule has 0 radical (unpaired) electrons. The van der Waals surface area contributed by atoms with Gasteiger partial charge in [0.05, 0.1) is 25.6 Å². The van der Waals surface area contributed by atoms with E-state index in [2.05, 4.69) is 40.8 Å². The van der Waals surface area contributed by atoms with Crippen LogP contribution in [0.3, 0.4) is 0 Å². The van der Waals surface area contributed by atoms with E-state index in [0.717, 1.165) is 87.9 Å². The van der Waals surface area contributed by atoms with Crippen LogP contribution in [0.1, 0.15) is 11.1 Å². The Morgan fingerprint density at radius 3 is 1.40 bits per heavy atom. The Kier molecular flexibility index (Phi) is 17.4. The van der Waals surface area contributed by atoms with Gasteiger partial charge in [0.1, 0.15) is 11.5 Å². The number of ether oxygens (including phenoxy) is 2. The summed E-state index contributed by atoms with van der Waals surface area (Å²) in [5.74, 6) is 1.08. The van der Waals surface area contributed by atoms with E-state index in [1.165, 1.54) is 23.5 Å². The van der Waals surface area contributed by atoms with Gasteiger partial charge in [-0.1, -0.05) is 0 Å². The predicted molar refractivity (Wildman–Crippen MR) is 219 cm³/mol. The zero-order chi connectivity index (χ0) is 37.0. The summed E-state index contributed by atoms with van der Waals surface area (Å²) in [6, 6.07) is 11.2. The van der Waals surface area contributed by atoms with E-state index in [0.29, 0.717) is 44.8 Å². The normalized spacial score (nSPS) is 19.5. The van der Waals surface area contributed by atoms with Crippen LogP contribution in [0.2, 0.25) is 0 Å². The number of benzene rings is 2. The Morgan fingerprint density at radius 2 is 1.06 bits per heavy atom. The third-order valence-electron chi connectivity index (χ3n) is 8.91. The van der Waals surface area contributed by atoms with Gasteiger partial charge in [-0.25, -0.2) is 0 Å². The van der Waals surface area contributed by atoms with Gasteiger partial charge >= 0.3 is 21.1 Å². The summed E-state index contributed by atoms with van der Waals surface area (Å²) in [6.45, 7) is 10.8. The van der Waals surface area contributed by atoms with Crippen LogP contribution >= 0.6 is 23.5 Å². The molecule has 2 aromatic carbocycles. The van der Waals surface area contributed by atoms with Crippen LogP contribution in [0, 0.1) is 0 Å². The Morgan fingerprint density at radius 1 is 0.679 bits per heavy atom. The standard InChI is InChI=1S/2C17H23N5O2S2.Pt/c2*1-24-12-3-4-14-13(11-12)15(19-20-17(25)26-2)16(23)22(14)10-9-21-7-5-18-6-8-21;/h2*3-4,11,18H,5-10H2,1-2H3,(H,20,25);/q;;+2/p-2/b2*19-15+;. The predicted octanol–water partition coefficient (Wildman–Crippen LogP) is 1.83. The molecular formula is C34H44N10O4PtS4. The van der Waals surface area contributed by atoms with E-state index in [9.17, 15) is 9.59 Å². The zero-order valence-corrected chi connectivity index (χ0v) is 35.6. The fraction of sp³-hybridized carbons (Fsp3) is 0.471. The van der Waals surface area contributed by atoms with E-state index < -0.39 is 0 Å². The number of methoxy groups -OCH3 is 2. The van der Waals surface area contributed by atoms with Gasteiger partial charge in [-0.05, 0) is 57.7 Å². The molecule has 19 heteroatoms. The van der Waals surface area contributed by atoms with Crippen molar-refractivity contribution in [3.8, 4) is 11.5 Å². The second kappa shape index (κ2) is 21.4. The molecule has 2 aromatic rings. The molecule has 2 amide bonds. The van der Waals surface area contributed by atoms with Gasteiger partial charge < -0.3 is 55.2 Å². The minimum atomic E-state index is -0.143. The number of rotatable bonds is 10. The van der Waals surface area contributed by atoms with Gasteiger partial charge in [-0.15, -0.1) is 33.7 Å². The van der Waals surface area contributed by atoms with Crippen LogP contribution in [-0.2, 0) is 55.9 Å². The van der Waals surface area contributed by atoms with Gasteiger partial charge in [0, 0.05) is 89.7 Å². The summed E-state index contributed by atoms with van der Waals surface area (Å²) in [6.07, 6.45) is 3.67. The fourth-order valence-corrected chi connectivity index (χ4v) is 6.42. The van der Waals surface area contributed by atoms with Crippen molar-refractivity contribution in [2.24, 2.45) is 20.4 Å². The number of hydrogen-bond acceptors (Lipinski definition) is 16. The van der Waals surface area contributed by atoms with Crippen LogP contribution in [0.15, 0.2) is 56.8 Å². The first-order valence-electron chi connectivity index (χ1n) is 16.9. The number of piperazine rings is 2. The number of hydrogen-bond donors (Lipinski definition) is 2. The van der Waals surface area contributed by atoms with Gasteiger partial charge in [-0.2, -0.15) is 10.2 Å². The van der Waals surface area contributed by atoms with Crippen LogP contribution in [0.25, 0.3) is 0 Å². The van der Waals surface area contributed by atoms with Crippen molar-refractivity contribution in [3.63, 3.8) is 0 Å². The molecule has 0 spiro atoms. The molecule has 4 aliphatic rings. The molecule has 53 heavy (non-hydrogen) atoms. The molecule has 0 aliphatic carbocycles. The summed E-state index contributed by atoms with van der Waals surface area (Å²) in [5, 5.41) is 22.9. The molecule has 14 nitrogen and oxygen atoms in total. The number of carbonyl (C=O) groups is 2. The molecule has 4 heterocycles. The maximum Gasteiger partial charge on any atom is 2.00 e. The topological polar surface area (TPSA) is 139 Å². The number of nitrogens with one attached hydrogen (secondary N) is 2. The minimum absolute atomic E-state index is 0. The average Bonchev–Trinajstić information content (AvgIpc) is 3.61. The maximum atomic E-state index is 12.9. The minimum Gasteiger partial charge on any atom is -0.752 e. The average molecular weight is 980 g/mol. The molecule has 0 bridgehead atoms. The Balaban J connectivity index is 0.000000232. The molecule has 0 aromatic heterocycles. The van der Waals surface area contributed by atoms with Crippen molar-refractivity contribution < 1.29 is 40.1 Å². The number of carbonyl (C=O) groups excluding carboxylic acids is 2. The number of thioether (sulfide) groups is 2. The van der Waals surface area contributed by atoms with Crippen molar-refractivity contribution in [1.29, 1.82) is 0 Å². The van der Waals surface area contributed by atoms with Crippen LogP contribution < -0.4 is 29.9 Å². The largest absolute Gasteiger partial charge is 2.00 e. The van der Waals surface area contributed by atoms with Crippen molar-refractivity contribution in [3.05, 3.63) is 47.5 Å². The number of fused-ring (bicyclic) bond motifs is 2. The molecule has 0 atom stereocenters. The van der Waals surface area contributed by atoms with Crippen molar-refractivity contribution >= 4 is 92.1 Å². The molecule has 2 fully saturated rings. The van der Waals surface area contributed by atoms with Gasteiger partial charge in [0.2, 0.25) is 0 Å². The summed E-state index contributed by atoms with van der Waals surface area (Å²) in [7, 11) is 3.20. The van der Waals surface area contributed by atoms with E-state index in [-0.39, 0.29) is 32.9 Å². The molecule has 2 saturated heterocycles. The Hall–Kier alpha value is -2.67. The third kappa shape index (κ3) is 11.2. The van der Waals surface area contributed by atoms with Crippen LogP contribution in [0.5, 0.6) is 11.5 Å². The number of amides is 2. The van der Waals surface area contributed by atoms with E-state index in [1.54, 1.807) is 24.0 Å². The quantitative estimate of drug-likeness (QED) is 0.156. The van der Waals surface area contributed by atoms with Gasteiger partial charge in [0.25, 0.3) is 11.8 Å². The summed E-state index contributed by atoms with van der Waals surface area (Å²) < 4.78 is 11.4. The monoisotopic (exact) mass is 979 g/mol. The molecule has 4 aliphatic heterocycles. The zero-order valence-electron chi connectivity index (χ0n) is 30.1. The summed E-state index contributed by atoms with van der Waals surface area (Å²) in [5.41, 5.74) is 3.79. The summed E-state index contributed by atoms with van der Waals surface area (Å²) in [4.78, 5) is 34.2. The van der Waals surface area contributed by atoms with Crippen LogP contribution in [0.4, 0.5) is 11.4 Å². The second-order valence-electron chi connectivity index (χ2n) is 11.9. The Bertz CT molecular complexity index is 1590. The molecule has 6 rings (SSSR count). The van der Waals surface area contributed by atoms with Gasteiger partial charge in [0.15, 0.2) is 11.4 Å². The van der Waals surface area contributed by atoms with Crippen molar-refractivity contribution in [1.82, 2.24) is 20.4 Å². The van der Waals surface area contributed by atoms with Crippen molar-refractivity contribution in [2.45, 2.75) is 0 Å². The molecule has 0 unspecified atom stereocenters. The maximum absolute atomic E-state index is 12.9. The first-order chi connectivity index (χ1) is 25.3. The molecular weight excluding hydrogens is 936 g/mol. The Labute approximate surface area is 345 Å². The third-order valence-corrected chi connectivity index (χ3v) is 10.9. The summed E-state index contributed by atoms with van der Waals surface area (Å²) >= 11 is 12.8. The SMILES string of the molecule is COc1ccc2c(c1)/C(=N\N=C(/[S-])SC)C(=O)N2CCN1CCNCC1.COc1ccc2c(c1)/C(=N\N=C(/[S-])SC)C(=O)N2CCN1CCNCC1.[Pt+2]. The number of nitrogens with zero attached hydrogens (tertiary/aromatic N) is 8.